The maximum Gasteiger partial charge on any atom is 0.254 e. The van der Waals surface area contributed by atoms with Gasteiger partial charge in [0.25, 0.3) is 5.91 Å². The van der Waals surface area contributed by atoms with Gasteiger partial charge in [-0.1, -0.05) is 6.07 Å². The highest BCUT2D eigenvalue weighted by atomic mass is 79.9. The molecule has 0 aromatic heterocycles. The Morgan fingerprint density at radius 1 is 1.50 bits per heavy atom. The van der Waals surface area contributed by atoms with E-state index < -0.39 is 23.7 Å². The molecule has 86 valence electrons. The van der Waals surface area contributed by atoms with E-state index in [4.69, 9.17) is 5.73 Å². The van der Waals surface area contributed by atoms with Gasteiger partial charge in [-0.15, -0.1) is 0 Å². The number of amides is 2. The van der Waals surface area contributed by atoms with E-state index in [1.54, 1.807) is 0 Å². The van der Waals surface area contributed by atoms with E-state index >= 15 is 0 Å². The lowest BCUT2D eigenvalue weighted by Crippen LogP contribution is -2.42. The highest BCUT2D eigenvalue weighted by Gasteiger charge is 2.17. The van der Waals surface area contributed by atoms with Crippen molar-refractivity contribution in [2.24, 2.45) is 5.73 Å². The number of benzene rings is 1. The maximum absolute atomic E-state index is 13.5. The normalized spacial score (nSPS) is 11.9. The maximum atomic E-state index is 13.5. The van der Waals surface area contributed by atoms with Gasteiger partial charge in [-0.2, -0.15) is 0 Å². The fraction of sp³-hybridized carbons (Fsp3) is 0.200. The third kappa shape index (κ3) is 2.79. The molecule has 0 aliphatic carbocycles. The zero-order chi connectivity index (χ0) is 12.3. The number of carbonyl (C=O) groups excluding carboxylic acids is 2. The molecule has 0 heterocycles. The molecule has 1 aromatic carbocycles. The molecule has 1 atom stereocenters. The van der Waals surface area contributed by atoms with Gasteiger partial charge in [-0.05, 0) is 35.0 Å². The van der Waals surface area contributed by atoms with Crippen LogP contribution in [0.25, 0.3) is 0 Å². The second-order valence-electron chi connectivity index (χ2n) is 3.20. The van der Waals surface area contributed by atoms with Crippen molar-refractivity contribution in [2.75, 3.05) is 0 Å². The Bertz CT molecular complexity index is 437. The van der Waals surface area contributed by atoms with Crippen LogP contribution in [0.15, 0.2) is 22.7 Å². The zero-order valence-electron chi connectivity index (χ0n) is 8.46. The molecule has 3 N–H and O–H groups in total. The average Bonchev–Trinajstić information content (AvgIpc) is 2.21. The molecule has 0 saturated carbocycles. The van der Waals surface area contributed by atoms with E-state index in [0.717, 1.165) is 0 Å². The summed E-state index contributed by atoms with van der Waals surface area (Å²) in [6.45, 7) is 1.43. The Kier molecular flexibility index (Phi) is 4.00. The Morgan fingerprint density at radius 3 is 2.69 bits per heavy atom. The molecule has 16 heavy (non-hydrogen) atoms. The third-order valence-corrected chi connectivity index (χ3v) is 2.58. The summed E-state index contributed by atoms with van der Waals surface area (Å²) in [6.07, 6.45) is 0. The van der Waals surface area contributed by atoms with Gasteiger partial charge in [0.2, 0.25) is 5.91 Å². The highest BCUT2D eigenvalue weighted by molar-refractivity contribution is 9.10. The smallest absolute Gasteiger partial charge is 0.254 e. The first kappa shape index (κ1) is 12.6. The van der Waals surface area contributed by atoms with Crippen LogP contribution in [0.2, 0.25) is 0 Å². The topological polar surface area (TPSA) is 72.2 Å². The summed E-state index contributed by atoms with van der Waals surface area (Å²) in [5.74, 6) is -2.02. The fourth-order valence-electron chi connectivity index (χ4n) is 1.02. The summed E-state index contributed by atoms with van der Waals surface area (Å²) in [6, 6.07) is 3.48. The molecule has 1 unspecified atom stereocenters. The Labute approximate surface area is 100 Å². The SMILES string of the molecule is CC(NC(=O)c1cccc(Br)c1F)C(N)=O. The van der Waals surface area contributed by atoms with E-state index in [9.17, 15) is 14.0 Å². The first-order valence-electron chi connectivity index (χ1n) is 4.47. The predicted octanol–water partition coefficient (Wildman–Crippen LogP) is 1.19. The molecule has 0 bridgehead atoms. The summed E-state index contributed by atoms with van der Waals surface area (Å²) in [7, 11) is 0. The standard InChI is InChI=1S/C10H10BrFN2O2/c1-5(9(13)15)14-10(16)6-3-2-4-7(11)8(6)12/h2-5H,1H3,(H2,13,15)(H,14,16). The first-order chi connectivity index (χ1) is 7.43. The molecule has 0 fully saturated rings. The number of rotatable bonds is 3. The van der Waals surface area contributed by atoms with Crippen LogP contribution >= 0.6 is 15.9 Å². The van der Waals surface area contributed by atoms with Crippen molar-refractivity contribution in [1.29, 1.82) is 0 Å². The molecular weight excluding hydrogens is 279 g/mol. The lowest BCUT2D eigenvalue weighted by molar-refractivity contribution is -0.119. The number of hydrogen-bond acceptors (Lipinski definition) is 2. The second kappa shape index (κ2) is 5.07. The average molecular weight is 289 g/mol. The summed E-state index contributed by atoms with van der Waals surface area (Å²) in [5, 5.41) is 2.29. The van der Waals surface area contributed by atoms with Crippen molar-refractivity contribution in [3.05, 3.63) is 34.1 Å². The molecule has 0 radical (unpaired) electrons. The van der Waals surface area contributed by atoms with E-state index in [1.165, 1.54) is 25.1 Å². The van der Waals surface area contributed by atoms with Crippen LogP contribution in [0, 0.1) is 5.82 Å². The quantitative estimate of drug-likeness (QED) is 0.877. The monoisotopic (exact) mass is 288 g/mol. The molecule has 1 rings (SSSR count). The summed E-state index contributed by atoms with van der Waals surface area (Å²) in [4.78, 5) is 22.3. The Balaban J connectivity index is 2.89. The largest absolute Gasteiger partial charge is 0.368 e. The molecule has 0 aliphatic heterocycles. The Morgan fingerprint density at radius 2 is 2.12 bits per heavy atom. The minimum Gasteiger partial charge on any atom is -0.368 e. The molecule has 6 heteroatoms. The second-order valence-corrected chi connectivity index (χ2v) is 4.05. The van der Waals surface area contributed by atoms with Crippen molar-refractivity contribution in [3.63, 3.8) is 0 Å². The molecule has 0 spiro atoms. The van der Waals surface area contributed by atoms with E-state index in [-0.39, 0.29) is 10.0 Å². The number of halogens is 2. The number of carbonyl (C=O) groups is 2. The van der Waals surface area contributed by atoms with Gasteiger partial charge in [0, 0.05) is 0 Å². The van der Waals surface area contributed by atoms with Crippen molar-refractivity contribution in [2.45, 2.75) is 13.0 Å². The van der Waals surface area contributed by atoms with Gasteiger partial charge in [0.15, 0.2) is 0 Å². The minimum atomic E-state index is -0.842. The van der Waals surface area contributed by atoms with Crippen molar-refractivity contribution in [1.82, 2.24) is 5.32 Å². The summed E-state index contributed by atoms with van der Waals surface area (Å²) < 4.78 is 13.7. The first-order valence-corrected chi connectivity index (χ1v) is 5.27. The lowest BCUT2D eigenvalue weighted by Gasteiger charge is -2.10. The van der Waals surface area contributed by atoms with Gasteiger partial charge in [0.1, 0.15) is 11.9 Å². The van der Waals surface area contributed by atoms with Gasteiger partial charge in [-0.25, -0.2) is 4.39 Å². The zero-order valence-corrected chi connectivity index (χ0v) is 10.0. The highest BCUT2D eigenvalue weighted by Crippen LogP contribution is 2.18. The number of hydrogen-bond donors (Lipinski definition) is 2. The van der Waals surface area contributed by atoms with Crippen molar-refractivity contribution < 1.29 is 14.0 Å². The molecule has 0 saturated heterocycles. The van der Waals surface area contributed by atoms with Crippen LogP contribution < -0.4 is 11.1 Å². The molecule has 1 aromatic rings. The molecule has 2 amide bonds. The van der Waals surface area contributed by atoms with Gasteiger partial charge >= 0.3 is 0 Å². The summed E-state index contributed by atoms with van der Waals surface area (Å²) in [5.41, 5.74) is 4.84. The van der Waals surface area contributed by atoms with E-state index in [1.807, 2.05) is 0 Å². The van der Waals surface area contributed by atoms with E-state index in [0.29, 0.717) is 0 Å². The van der Waals surface area contributed by atoms with E-state index in [2.05, 4.69) is 21.2 Å². The number of nitrogens with one attached hydrogen (secondary N) is 1. The van der Waals surface area contributed by atoms with Crippen LogP contribution in [-0.4, -0.2) is 17.9 Å². The summed E-state index contributed by atoms with van der Waals surface area (Å²) >= 11 is 2.96. The predicted molar refractivity (Wildman–Crippen MR) is 60.2 cm³/mol. The lowest BCUT2D eigenvalue weighted by atomic mass is 10.2. The minimum absolute atomic E-state index is 0.137. The fourth-order valence-corrected chi connectivity index (χ4v) is 1.39. The Hall–Kier alpha value is -1.43. The van der Waals surface area contributed by atoms with Crippen LogP contribution in [0.4, 0.5) is 4.39 Å². The van der Waals surface area contributed by atoms with Crippen LogP contribution in [0.5, 0.6) is 0 Å². The third-order valence-electron chi connectivity index (χ3n) is 1.97. The molecular formula is C10H10BrFN2O2. The van der Waals surface area contributed by atoms with Gasteiger partial charge in [-0.3, -0.25) is 9.59 Å². The van der Waals surface area contributed by atoms with Crippen molar-refractivity contribution in [3.8, 4) is 0 Å². The number of primary amides is 1. The number of nitrogens with two attached hydrogens (primary N) is 1. The van der Waals surface area contributed by atoms with Crippen LogP contribution in [0.1, 0.15) is 17.3 Å². The molecule has 4 nitrogen and oxygen atoms in total. The van der Waals surface area contributed by atoms with Crippen LogP contribution in [0.3, 0.4) is 0 Å². The molecule has 0 aliphatic rings. The van der Waals surface area contributed by atoms with Crippen LogP contribution in [-0.2, 0) is 4.79 Å². The van der Waals surface area contributed by atoms with Gasteiger partial charge < -0.3 is 11.1 Å². The van der Waals surface area contributed by atoms with Gasteiger partial charge in [0.05, 0.1) is 10.0 Å². The van der Waals surface area contributed by atoms with Crippen molar-refractivity contribution >= 4 is 27.7 Å².